The van der Waals surface area contributed by atoms with Gasteiger partial charge in [-0.15, -0.1) is 0 Å². The maximum atomic E-state index is 2.65. The molecule has 7 aromatic rings. The van der Waals surface area contributed by atoms with E-state index in [1.54, 1.807) is 16.7 Å². The summed E-state index contributed by atoms with van der Waals surface area (Å²) < 4.78 is 0. The Balaban J connectivity index is 1.01. The molecule has 0 radical (unpaired) electrons. The van der Waals surface area contributed by atoms with Crippen LogP contribution in [0.4, 0.5) is 0 Å². The Morgan fingerprint density at radius 2 is 1.17 bits per heavy atom. The van der Waals surface area contributed by atoms with Crippen molar-refractivity contribution in [2.45, 2.75) is 95.3 Å². The Hall–Kier alpha value is -6.24. The Bertz CT molecular complexity index is 3360. The minimum Gasteiger partial charge on any atom is -0.0761 e. The van der Waals surface area contributed by atoms with Crippen molar-refractivity contribution in [1.82, 2.24) is 0 Å². The highest BCUT2D eigenvalue weighted by Gasteiger charge is 2.43. The summed E-state index contributed by atoms with van der Waals surface area (Å²) in [5.41, 5.74) is 26.3. The van der Waals surface area contributed by atoms with Crippen LogP contribution in [-0.2, 0) is 22.7 Å². The first kappa shape index (κ1) is 37.3. The molecule has 0 saturated heterocycles. The molecular formula is C63H54. The van der Waals surface area contributed by atoms with Crippen molar-refractivity contribution in [2.75, 3.05) is 0 Å². The van der Waals surface area contributed by atoms with Crippen molar-refractivity contribution in [3.63, 3.8) is 0 Å². The smallest absolute Gasteiger partial charge is 0.0159 e. The lowest BCUT2D eigenvalue weighted by molar-refractivity contribution is 0.589. The number of hydrogen-bond acceptors (Lipinski definition) is 0. The molecule has 6 aliphatic carbocycles. The molecule has 7 aromatic carbocycles. The summed E-state index contributed by atoms with van der Waals surface area (Å²) in [5.74, 6) is 0.766. The molecule has 13 rings (SSSR count). The summed E-state index contributed by atoms with van der Waals surface area (Å²) in [5, 5.41) is 5.44. The molecule has 0 saturated carbocycles. The average molecular weight is 811 g/mol. The maximum Gasteiger partial charge on any atom is 0.0159 e. The SMILES string of the molecule is CC1(C)C2=C(C=CC(c3cc4c(cc(-c5ccc6c(c5)C(C)(C)c5ccccc5-6)c5ccccc54)c4c3CCC(C3=CC=C5C(C3)c3ccccc3C5(C)C)=C4)C2)c2ccccc21. The second-order valence-electron chi connectivity index (χ2n) is 21.0. The van der Waals surface area contributed by atoms with Gasteiger partial charge < -0.3 is 0 Å². The van der Waals surface area contributed by atoms with Crippen LogP contribution in [0.3, 0.4) is 0 Å². The first-order valence-electron chi connectivity index (χ1n) is 23.5. The summed E-state index contributed by atoms with van der Waals surface area (Å²) in [6.45, 7) is 14.5. The van der Waals surface area contributed by atoms with Gasteiger partial charge in [-0.2, -0.15) is 0 Å². The minimum absolute atomic E-state index is 0.0135. The number of benzene rings is 7. The monoisotopic (exact) mass is 810 g/mol. The zero-order valence-corrected chi connectivity index (χ0v) is 37.5. The van der Waals surface area contributed by atoms with Crippen LogP contribution in [0, 0.1) is 0 Å². The number of fused-ring (bicyclic) bond motifs is 13. The lowest BCUT2D eigenvalue weighted by Crippen LogP contribution is -2.20. The van der Waals surface area contributed by atoms with Gasteiger partial charge in [-0.05, 0) is 154 Å². The van der Waals surface area contributed by atoms with Gasteiger partial charge in [-0.1, -0.05) is 192 Å². The van der Waals surface area contributed by atoms with Crippen molar-refractivity contribution in [3.8, 4) is 22.3 Å². The molecule has 63 heavy (non-hydrogen) atoms. The van der Waals surface area contributed by atoms with E-state index in [0.717, 1.165) is 25.7 Å². The van der Waals surface area contributed by atoms with Gasteiger partial charge >= 0.3 is 0 Å². The lowest BCUT2D eigenvalue weighted by Gasteiger charge is -2.32. The zero-order valence-electron chi connectivity index (χ0n) is 37.5. The van der Waals surface area contributed by atoms with Crippen LogP contribution in [0.2, 0.25) is 0 Å². The molecule has 0 aromatic heterocycles. The molecule has 2 unspecified atom stereocenters. The number of hydrogen-bond donors (Lipinski definition) is 0. The molecule has 0 heteroatoms. The van der Waals surface area contributed by atoms with Crippen LogP contribution >= 0.6 is 0 Å². The van der Waals surface area contributed by atoms with Gasteiger partial charge in [-0.25, -0.2) is 0 Å². The molecule has 0 aliphatic heterocycles. The van der Waals surface area contributed by atoms with Gasteiger partial charge in [-0.3, -0.25) is 0 Å². The molecule has 0 heterocycles. The third kappa shape index (κ3) is 5.10. The van der Waals surface area contributed by atoms with Crippen molar-refractivity contribution in [2.24, 2.45) is 0 Å². The van der Waals surface area contributed by atoms with Gasteiger partial charge in [0, 0.05) is 28.1 Å². The molecule has 0 nitrogen and oxygen atoms in total. The summed E-state index contributed by atoms with van der Waals surface area (Å²) in [6, 6.07) is 49.1. The molecule has 2 atom stereocenters. The Morgan fingerprint density at radius 3 is 2.00 bits per heavy atom. The van der Waals surface area contributed by atoms with E-state index < -0.39 is 0 Å². The quantitative estimate of drug-likeness (QED) is 0.156. The van der Waals surface area contributed by atoms with Gasteiger partial charge in [0.1, 0.15) is 0 Å². The van der Waals surface area contributed by atoms with E-state index in [9.17, 15) is 0 Å². The molecular weight excluding hydrogens is 757 g/mol. The van der Waals surface area contributed by atoms with Crippen molar-refractivity contribution in [1.29, 1.82) is 0 Å². The molecule has 0 bridgehead atoms. The number of allylic oxidation sites excluding steroid dienone is 9. The predicted molar refractivity (Wildman–Crippen MR) is 267 cm³/mol. The van der Waals surface area contributed by atoms with E-state index in [-0.39, 0.29) is 16.2 Å². The zero-order chi connectivity index (χ0) is 42.6. The normalized spacial score (nSPS) is 21.5. The standard InChI is InChI=1S/C63H54/c1-61(2)57-22-14-11-19-46(57)54-32-38(26-30-58(54)61)37-23-27-43-50(40-25-29-48-45-18-10-13-21-56(45)63(5,6)60(48)34-40)35-52-42-16-8-7-15-41(42)49(36-53(52)51(43)31-37)39-24-28-47-44-17-9-12-20-55(44)62(3,4)59(47)33-39/h7-22,24-26,28-31,33,35-36,40,54H,23,27,32,34H2,1-6H3. The lowest BCUT2D eigenvalue weighted by atomic mass is 9.71. The van der Waals surface area contributed by atoms with Crippen LogP contribution in [-0.4, -0.2) is 0 Å². The maximum absolute atomic E-state index is 2.65. The summed E-state index contributed by atoms with van der Waals surface area (Å²) >= 11 is 0. The highest BCUT2D eigenvalue weighted by atomic mass is 14.5. The molecule has 0 spiro atoms. The first-order chi connectivity index (χ1) is 30.5. The summed E-state index contributed by atoms with van der Waals surface area (Å²) in [4.78, 5) is 0. The third-order valence-electron chi connectivity index (χ3n) is 16.9. The van der Waals surface area contributed by atoms with E-state index in [2.05, 4.69) is 199 Å². The fourth-order valence-corrected chi connectivity index (χ4v) is 13.6. The average Bonchev–Trinajstić information content (AvgIpc) is 3.80. The number of rotatable bonds is 3. The van der Waals surface area contributed by atoms with Crippen LogP contribution < -0.4 is 0 Å². The topological polar surface area (TPSA) is 0 Å². The van der Waals surface area contributed by atoms with Gasteiger partial charge in [0.2, 0.25) is 0 Å². The highest BCUT2D eigenvalue weighted by molar-refractivity contribution is 6.16. The van der Waals surface area contributed by atoms with E-state index in [1.165, 1.54) is 105 Å². The minimum atomic E-state index is -0.0601. The van der Waals surface area contributed by atoms with E-state index in [0.29, 0.717) is 11.8 Å². The van der Waals surface area contributed by atoms with Crippen LogP contribution in [0.15, 0.2) is 174 Å². The van der Waals surface area contributed by atoms with Crippen molar-refractivity contribution < 1.29 is 0 Å². The molecule has 0 N–H and O–H groups in total. The van der Waals surface area contributed by atoms with Crippen molar-refractivity contribution in [3.05, 3.63) is 224 Å². The fourth-order valence-electron chi connectivity index (χ4n) is 13.6. The van der Waals surface area contributed by atoms with Crippen LogP contribution in [0.25, 0.3) is 55.4 Å². The summed E-state index contributed by atoms with van der Waals surface area (Å²) in [7, 11) is 0. The second kappa shape index (κ2) is 12.9. The molecule has 306 valence electrons. The van der Waals surface area contributed by atoms with E-state index in [1.807, 2.05) is 0 Å². The van der Waals surface area contributed by atoms with Gasteiger partial charge in [0.15, 0.2) is 0 Å². The van der Waals surface area contributed by atoms with E-state index in [4.69, 9.17) is 0 Å². The van der Waals surface area contributed by atoms with E-state index >= 15 is 0 Å². The first-order valence-corrected chi connectivity index (χ1v) is 23.5. The van der Waals surface area contributed by atoms with Crippen molar-refractivity contribution >= 4 is 33.2 Å². The van der Waals surface area contributed by atoms with Crippen LogP contribution in [0.5, 0.6) is 0 Å². The molecule has 0 amide bonds. The second-order valence-corrected chi connectivity index (χ2v) is 21.0. The Kier molecular flexibility index (Phi) is 7.66. The highest BCUT2D eigenvalue weighted by Crippen LogP contribution is 2.57. The van der Waals surface area contributed by atoms with Gasteiger partial charge in [0.05, 0.1) is 0 Å². The largest absolute Gasteiger partial charge is 0.0761 e. The third-order valence-corrected chi connectivity index (χ3v) is 16.9. The fraction of sp³-hybridized carbons (Fsp3) is 0.238. The van der Waals surface area contributed by atoms with Crippen LogP contribution in [0.1, 0.15) is 123 Å². The predicted octanol–water partition coefficient (Wildman–Crippen LogP) is 16.4. The Labute approximate surface area is 373 Å². The molecule has 6 aliphatic rings. The van der Waals surface area contributed by atoms with Gasteiger partial charge in [0.25, 0.3) is 0 Å². The Morgan fingerprint density at radius 1 is 0.476 bits per heavy atom. The molecule has 0 fully saturated rings. The summed E-state index contributed by atoms with van der Waals surface area (Å²) in [6.07, 6.45) is 16.9.